The lowest BCUT2D eigenvalue weighted by Gasteiger charge is -2.08. The van der Waals surface area contributed by atoms with E-state index < -0.39 is 0 Å². The number of rotatable bonds is 4. The van der Waals surface area contributed by atoms with Crippen LogP contribution in [0.3, 0.4) is 0 Å². The minimum Gasteiger partial charge on any atom is -0.478 e. The van der Waals surface area contributed by atoms with Gasteiger partial charge in [0.2, 0.25) is 5.90 Å². The summed E-state index contributed by atoms with van der Waals surface area (Å²) in [6.45, 7) is 3.07. The first-order valence-electron chi connectivity index (χ1n) is 6.55. The fourth-order valence-corrected chi connectivity index (χ4v) is 1.79. The Hall–Kier alpha value is -2.60. The van der Waals surface area contributed by atoms with E-state index >= 15 is 0 Å². The lowest BCUT2D eigenvalue weighted by Crippen LogP contribution is -2.07. The van der Waals surface area contributed by atoms with E-state index in [9.17, 15) is 0 Å². The third kappa shape index (κ3) is 3.69. The molecule has 0 aromatic heterocycles. The molecule has 3 heteroatoms. The molecular formula is C17H16N2O. The Morgan fingerprint density at radius 3 is 2.40 bits per heavy atom. The summed E-state index contributed by atoms with van der Waals surface area (Å²) in [5.74, 6) is 0.612. The molecule has 0 saturated carbocycles. The van der Waals surface area contributed by atoms with Crippen molar-refractivity contribution in [3.05, 3.63) is 71.3 Å². The molecule has 3 nitrogen and oxygen atoms in total. The van der Waals surface area contributed by atoms with Crippen molar-refractivity contribution in [1.29, 1.82) is 5.26 Å². The average molecular weight is 264 g/mol. The van der Waals surface area contributed by atoms with E-state index in [1.165, 1.54) is 0 Å². The third-order valence-electron chi connectivity index (χ3n) is 2.79. The molecule has 20 heavy (non-hydrogen) atoms. The van der Waals surface area contributed by atoms with Gasteiger partial charge in [0.25, 0.3) is 0 Å². The molecule has 0 bridgehead atoms. The summed E-state index contributed by atoms with van der Waals surface area (Å²) in [7, 11) is 0. The van der Waals surface area contributed by atoms with Gasteiger partial charge in [0.05, 0.1) is 24.8 Å². The average Bonchev–Trinajstić information content (AvgIpc) is 2.52. The Morgan fingerprint density at radius 1 is 1.10 bits per heavy atom. The van der Waals surface area contributed by atoms with Crippen LogP contribution < -0.4 is 0 Å². The summed E-state index contributed by atoms with van der Waals surface area (Å²) >= 11 is 0. The summed E-state index contributed by atoms with van der Waals surface area (Å²) in [5, 5.41) is 8.81. The van der Waals surface area contributed by atoms with Gasteiger partial charge in [-0.25, -0.2) is 4.99 Å². The van der Waals surface area contributed by atoms with Crippen LogP contribution in [0.25, 0.3) is 0 Å². The molecule has 0 radical (unpaired) electrons. The standard InChI is InChI=1S/C17H16N2O/c1-2-20-17(16-10-8-14(12-18)9-11-16)19-13-15-6-4-3-5-7-15/h3-11H,2,13H2,1H3. The molecule has 2 aromatic rings. The van der Waals surface area contributed by atoms with Crippen molar-refractivity contribution in [2.24, 2.45) is 4.99 Å². The first kappa shape index (κ1) is 13.8. The van der Waals surface area contributed by atoms with Crippen LogP contribution in [0.1, 0.15) is 23.6 Å². The molecule has 100 valence electrons. The fourth-order valence-electron chi connectivity index (χ4n) is 1.79. The van der Waals surface area contributed by atoms with Gasteiger partial charge in [-0.1, -0.05) is 30.3 Å². The molecule has 0 N–H and O–H groups in total. The minimum atomic E-state index is 0.563. The van der Waals surface area contributed by atoms with E-state index in [0.29, 0.717) is 24.6 Å². The quantitative estimate of drug-likeness (QED) is 0.626. The zero-order valence-electron chi connectivity index (χ0n) is 11.4. The van der Waals surface area contributed by atoms with Gasteiger partial charge in [-0.2, -0.15) is 5.26 Å². The molecule has 0 aliphatic heterocycles. The molecule has 0 aliphatic carbocycles. The normalized spacial score (nSPS) is 10.9. The Morgan fingerprint density at radius 2 is 1.80 bits per heavy atom. The molecule has 0 spiro atoms. The van der Waals surface area contributed by atoms with Crippen LogP contribution in [0, 0.1) is 11.3 Å². The first-order valence-corrected chi connectivity index (χ1v) is 6.55. The molecule has 0 atom stereocenters. The van der Waals surface area contributed by atoms with Crippen LogP contribution in [0.2, 0.25) is 0 Å². The molecule has 0 unspecified atom stereocenters. The van der Waals surface area contributed by atoms with Crippen LogP contribution in [0.4, 0.5) is 0 Å². The number of hydrogen-bond acceptors (Lipinski definition) is 3. The summed E-state index contributed by atoms with van der Waals surface area (Å²) in [6.07, 6.45) is 0. The fraction of sp³-hybridized carbons (Fsp3) is 0.176. The smallest absolute Gasteiger partial charge is 0.216 e. The number of nitriles is 1. The van der Waals surface area contributed by atoms with E-state index in [0.717, 1.165) is 11.1 Å². The predicted molar refractivity (Wildman–Crippen MR) is 79.5 cm³/mol. The number of ether oxygens (including phenoxy) is 1. The van der Waals surface area contributed by atoms with Gasteiger partial charge < -0.3 is 4.74 Å². The first-order chi connectivity index (χ1) is 9.83. The topological polar surface area (TPSA) is 45.4 Å². The number of aliphatic imine (C=N–C) groups is 1. The van der Waals surface area contributed by atoms with E-state index in [2.05, 4.69) is 11.1 Å². The van der Waals surface area contributed by atoms with Gasteiger partial charge in [-0.05, 0) is 36.8 Å². The third-order valence-corrected chi connectivity index (χ3v) is 2.79. The van der Waals surface area contributed by atoms with E-state index in [1.54, 1.807) is 12.1 Å². The van der Waals surface area contributed by atoms with Crippen LogP contribution in [0.5, 0.6) is 0 Å². The zero-order valence-corrected chi connectivity index (χ0v) is 11.4. The highest BCUT2D eigenvalue weighted by Crippen LogP contribution is 2.08. The Bertz CT molecular complexity index is 610. The zero-order chi connectivity index (χ0) is 14.2. The number of benzene rings is 2. The van der Waals surface area contributed by atoms with E-state index in [1.807, 2.05) is 49.4 Å². The maximum atomic E-state index is 8.81. The molecule has 0 heterocycles. The van der Waals surface area contributed by atoms with E-state index in [-0.39, 0.29) is 0 Å². The summed E-state index contributed by atoms with van der Waals surface area (Å²) < 4.78 is 5.59. The Kier molecular flexibility index (Phi) is 4.91. The number of hydrogen-bond donors (Lipinski definition) is 0. The van der Waals surface area contributed by atoms with Crippen molar-refractivity contribution in [1.82, 2.24) is 0 Å². The summed E-state index contributed by atoms with van der Waals surface area (Å²) in [5.41, 5.74) is 2.66. The predicted octanol–water partition coefficient (Wildman–Crippen LogP) is 3.54. The second-order valence-corrected chi connectivity index (χ2v) is 4.23. The molecule has 2 rings (SSSR count). The monoisotopic (exact) mass is 264 g/mol. The van der Waals surface area contributed by atoms with Crippen molar-refractivity contribution in [2.45, 2.75) is 13.5 Å². The summed E-state index contributed by atoms with van der Waals surface area (Å²) in [6, 6.07) is 19.4. The second kappa shape index (κ2) is 7.10. The van der Waals surface area contributed by atoms with Crippen molar-refractivity contribution in [3.8, 4) is 6.07 Å². The molecule has 2 aromatic carbocycles. The lowest BCUT2D eigenvalue weighted by atomic mass is 10.1. The van der Waals surface area contributed by atoms with E-state index in [4.69, 9.17) is 10.00 Å². The second-order valence-electron chi connectivity index (χ2n) is 4.23. The lowest BCUT2D eigenvalue weighted by molar-refractivity contribution is 0.327. The highest BCUT2D eigenvalue weighted by Gasteiger charge is 2.04. The van der Waals surface area contributed by atoms with Gasteiger partial charge in [-0.15, -0.1) is 0 Å². The summed E-state index contributed by atoms with van der Waals surface area (Å²) in [4.78, 5) is 4.52. The molecule has 0 amide bonds. The molecule has 0 aliphatic rings. The maximum Gasteiger partial charge on any atom is 0.216 e. The molecular weight excluding hydrogens is 248 g/mol. The van der Waals surface area contributed by atoms with Crippen molar-refractivity contribution < 1.29 is 4.74 Å². The van der Waals surface area contributed by atoms with Gasteiger partial charge in [0, 0.05) is 5.56 Å². The Balaban J connectivity index is 2.19. The highest BCUT2D eigenvalue weighted by atomic mass is 16.5. The van der Waals surface area contributed by atoms with Gasteiger partial charge >= 0.3 is 0 Å². The van der Waals surface area contributed by atoms with Gasteiger partial charge in [-0.3, -0.25) is 0 Å². The van der Waals surface area contributed by atoms with Crippen molar-refractivity contribution in [3.63, 3.8) is 0 Å². The van der Waals surface area contributed by atoms with Crippen LogP contribution in [0.15, 0.2) is 59.6 Å². The van der Waals surface area contributed by atoms with Crippen molar-refractivity contribution in [2.75, 3.05) is 6.61 Å². The number of nitrogens with zero attached hydrogens (tertiary/aromatic N) is 2. The van der Waals surface area contributed by atoms with Crippen LogP contribution in [-0.4, -0.2) is 12.5 Å². The minimum absolute atomic E-state index is 0.563. The van der Waals surface area contributed by atoms with Crippen LogP contribution >= 0.6 is 0 Å². The van der Waals surface area contributed by atoms with Gasteiger partial charge in [0.15, 0.2) is 0 Å². The van der Waals surface area contributed by atoms with Crippen molar-refractivity contribution >= 4 is 5.90 Å². The van der Waals surface area contributed by atoms with Crippen LogP contribution in [-0.2, 0) is 11.3 Å². The highest BCUT2D eigenvalue weighted by molar-refractivity contribution is 5.94. The Labute approximate surface area is 119 Å². The maximum absolute atomic E-state index is 8.81. The SMILES string of the molecule is CCOC(=NCc1ccccc1)c1ccc(C#N)cc1. The largest absolute Gasteiger partial charge is 0.478 e. The molecule has 0 saturated heterocycles. The molecule has 0 fully saturated rings. The van der Waals surface area contributed by atoms with Gasteiger partial charge in [0.1, 0.15) is 0 Å².